The van der Waals surface area contributed by atoms with Gasteiger partial charge in [-0.1, -0.05) is 12.1 Å². The molecule has 5 nitrogen and oxygen atoms in total. The molecule has 0 fully saturated rings. The zero-order valence-electron chi connectivity index (χ0n) is 13.3. The highest BCUT2D eigenvalue weighted by molar-refractivity contribution is 5.91. The highest BCUT2D eigenvalue weighted by Crippen LogP contribution is 2.26. The summed E-state index contributed by atoms with van der Waals surface area (Å²) < 4.78 is 5.08. The molecular weight excluding hydrogens is 292 g/mol. The number of carbonyl (C=O) groups is 1. The SMILES string of the molecule is COc1cc(CCN(C)C(=O)C=Cc2cccnc2)ccc1O. The third-order valence-corrected chi connectivity index (χ3v) is 3.46. The Morgan fingerprint density at radius 2 is 2.22 bits per heavy atom. The van der Waals surface area contributed by atoms with Gasteiger partial charge in [0, 0.05) is 32.1 Å². The van der Waals surface area contributed by atoms with E-state index in [0.29, 0.717) is 18.7 Å². The van der Waals surface area contributed by atoms with E-state index in [4.69, 9.17) is 4.74 Å². The van der Waals surface area contributed by atoms with Crippen LogP contribution in [0.15, 0.2) is 48.8 Å². The molecule has 1 aromatic heterocycles. The first-order valence-corrected chi connectivity index (χ1v) is 7.29. The van der Waals surface area contributed by atoms with Crippen LogP contribution >= 0.6 is 0 Å². The van der Waals surface area contributed by atoms with Gasteiger partial charge in [-0.15, -0.1) is 0 Å². The van der Waals surface area contributed by atoms with E-state index in [0.717, 1.165) is 11.1 Å². The zero-order chi connectivity index (χ0) is 16.7. The number of phenolic OH excluding ortho intramolecular Hbond substituents is 1. The zero-order valence-corrected chi connectivity index (χ0v) is 13.3. The van der Waals surface area contributed by atoms with Crippen molar-refractivity contribution in [3.8, 4) is 11.5 Å². The Morgan fingerprint density at radius 1 is 1.39 bits per heavy atom. The topological polar surface area (TPSA) is 62.7 Å². The maximum absolute atomic E-state index is 12.1. The predicted molar refractivity (Wildman–Crippen MR) is 89.3 cm³/mol. The first-order valence-electron chi connectivity index (χ1n) is 7.29. The van der Waals surface area contributed by atoms with Crippen molar-refractivity contribution in [1.29, 1.82) is 0 Å². The largest absolute Gasteiger partial charge is 0.504 e. The minimum atomic E-state index is -0.0698. The van der Waals surface area contributed by atoms with E-state index in [1.807, 2.05) is 18.2 Å². The monoisotopic (exact) mass is 312 g/mol. The highest BCUT2D eigenvalue weighted by Gasteiger charge is 2.07. The molecule has 0 spiro atoms. The van der Waals surface area contributed by atoms with E-state index in [9.17, 15) is 9.90 Å². The number of pyridine rings is 1. The molecule has 0 bridgehead atoms. The minimum absolute atomic E-state index is 0.0698. The molecule has 1 aromatic carbocycles. The molecule has 0 saturated carbocycles. The van der Waals surface area contributed by atoms with E-state index < -0.39 is 0 Å². The van der Waals surface area contributed by atoms with Gasteiger partial charge in [-0.3, -0.25) is 9.78 Å². The molecule has 1 amide bonds. The Hall–Kier alpha value is -2.82. The van der Waals surface area contributed by atoms with Crippen LogP contribution in [0.4, 0.5) is 0 Å². The van der Waals surface area contributed by atoms with Crippen molar-refractivity contribution in [2.75, 3.05) is 20.7 Å². The first kappa shape index (κ1) is 16.5. The summed E-state index contributed by atoms with van der Waals surface area (Å²) in [6.45, 7) is 0.574. The molecule has 0 radical (unpaired) electrons. The number of nitrogens with zero attached hydrogens (tertiary/aromatic N) is 2. The summed E-state index contributed by atoms with van der Waals surface area (Å²) in [4.78, 5) is 17.7. The Bertz CT molecular complexity index is 684. The van der Waals surface area contributed by atoms with Crippen molar-refractivity contribution in [3.63, 3.8) is 0 Å². The number of methoxy groups -OCH3 is 1. The molecule has 0 aliphatic carbocycles. The van der Waals surface area contributed by atoms with Crippen molar-refractivity contribution in [3.05, 3.63) is 59.9 Å². The van der Waals surface area contributed by atoms with Crippen LogP contribution in [0.3, 0.4) is 0 Å². The van der Waals surface area contributed by atoms with E-state index in [2.05, 4.69) is 4.98 Å². The summed E-state index contributed by atoms with van der Waals surface area (Å²) in [5, 5.41) is 9.58. The molecule has 0 atom stereocenters. The van der Waals surface area contributed by atoms with Gasteiger partial charge >= 0.3 is 0 Å². The van der Waals surface area contributed by atoms with Crippen molar-refractivity contribution in [2.45, 2.75) is 6.42 Å². The lowest BCUT2D eigenvalue weighted by atomic mass is 10.1. The second-order valence-corrected chi connectivity index (χ2v) is 5.14. The number of likely N-dealkylation sites (N-methyl/N-ethyl adjacent to an activating group) is 1. The molecule has 1 N–H and O–H groups in total. The molecule has 0 aliphatic heterocycles. The lowest BCUT2D eigenvalue weighted by Gasteiger charge is -2.15. The van der Waals surface area contributed by atoms with Gasteiger partial charge in [0.25, 0.3) is 0 Å². The van der Waals surface area contributed by atoms with Gasteiger partial charge in [0.05, 0.1) is 7.11 Å². The maximum atomic E-state index is 12.1. The number of benzene rings is 1. The van der Waals surface area contributed by atoms with Gasteiger partial charge in [0.1, 0.15) is 0 Å². The van der Waals surface area contributed by atoms with Crippen molar-refractivity contribution in [1.82, 2.24) is 9.88 Å². The van der Waals surface area contributed by atoms with Crippen molar-refractivity contribution < 1.29 is 14.6 Å². The third-order valence-electron chi connectivity index (χ3n) is 3.46. The summed E-state index contributed by atoms with van der Waals surface area (Å²) in [6.07, 6.45) is 7.35. The summed E-state index contributed by atoms with van der Waals surface area (Å²) in [7, 11) is 3.27. The number of aromatic hydroxyl groups is 1. The smallest absolute Gasteiger partial charge is 0.246 e. The van der Waals surface area contributed by atoms with Gasteiger partial charge in [-0.05, 0) is 41.8 Å². The number of hydrogen-bond acceptors (Lipinski definition) is 4. The molecule has 0 saturated heterocycles. The average molecular weight is 312 g/mol. The quantitative estimate of drug-likeness (QED) is 0.833. The van der Waals surface area contributed by atoms with Crippen LogP contribution in [0.2, 0.25) is 0 Å². The van der Waals surface area contributed by atoms with Crippen LogP contribution in [-0.4, -0.2) is 41.6 Å². The molecule has 0 unspecified atom stereocenters. The summed E-state index contributed by atoms with van der Waals surface area (Å²) in [5.74, 6) is 0.479. The number of carbonyl (C=O) groups excluding carboxylic acids is 1. The van der Waals surface area contributed by atoms with Crippen LogP contribution in [0, 0.1) is 0 Å². The van der Waals surface area contributed by atoms with Crippen LogP contribution in [0.25, 0.3) is 6.08 Å². The first-order chi connectivity index (χ1) is 11.1. The fourth-order valence-corrected chi connectivity index (χ4v) is 2.05. The molecule has 1 heterocycles. The molecule has 2 rings (SSSR count). The van der Waals surface area contributed by atoms with Crippen molar-refractivity contribution >= 4 is 12.0 Å². The fourth-order valence-electron chi connectivity index (χ4n) is 2.05. The number of amides is 1. The fraction of sp³-hybridized carbons (Fsp3) is 0.222. The van der Waals surface area contributed by atoms with Crippen LogP contribution in [0.1, 0.15) is 11.1 Å². The minimum Gasteiger partial charge on any atom is -0.504 e. The van der Waals surface area contributed by atoms with Gasteiger partial charge in [0.15, 0.2) is 11.5 Å². The Labute approximate surface area is 135 Å². The van der Waals surface area contributed by atoms with Crippen LogP contribution in [0.5, 0.6) is 11.5 Å². The number of phenols is 1. The Balaban J connectivity index is 1.90. The van der Waals surface area contributed by atoms with Gasteiger partial charge in [0.2, 0.25) is 5.91 Å². The normalized spacial score (nSPS) is 10.7. The predicted octanol–water partition coefficient (Wildman–Crippen LogP) is 2.51. The maximum Gasteiger partial charge on any atom is 0.246 e. The third kappa shape index (κ3) is 4.85. The average Bonchev–Trinajstić information content (AvgIpc) is 2.59. The van der Waals surface area contributed by atoms with Gasteiger partial charge in [-0.2, -0.15) is 0 Å². The number of aromatic nitrogens is 1. The van der Waals surface area contributed by atoms with Crippen molar-refractivity contribution in [2.24, 2.45) is 0 Å². The van der Waals surface area contributed by atoms with E-state index in [1.54, 1.807) is 42.6 Å². The summed E-state index contributed by atoms with van der Waals surface area (Å²) in [5.41, 5.74) is 1.88. The lowest BCUT2D eigenvalue weighted by molar-refractivity contribution is -0.124. The number of rotatable bonds is 6. The summed E-state index contributed by atoms with van der Waals surface area (Å²) >= 11 is 0. The molecule has 23 heavy (non-hydrogen) atoms. The Morgan fingerprint density at radius 3 is 2.91 bits per heavy atom. The van der Waals surface area contributed by atoms with Gasteiger partial charge in [-0.25, -0.2) is 0 Å². The summed E-state index contributed by atoms with van der Waals surface area (Å²) in [6, 6.07) is 8.91. The number of ether oxygens (including phenoxy) is 1. The number of hydrogen-bond donors (Lipinski definition) is 1. The van der Waals surface area contributed by atoms with Gasteiger partial charge < -0.3 is 14.7 Å². The lowest BCUT2D eigenvalue weighted by Crippen LogP contribution is -2.27. The molecule has 120 valence electrons. The highest BCUT2D eigenvalue weighted by atomic mass is 16.5. The van der Waals surface area contributed by atoms with E-state index in [-0.39, 0.29) is 11.7 Å². The molecule has 5 heteroatoms. The van der Waals surface area contributed by atoms with Crippen LogP contribution < -0.4 is 4.74 Å². The molecular formula is C18H20N2O3. The second kappa shape index (κ2) is 7.98. The second-order valence-electron chi connectivity index (χ2n) is 5.14. The van der Waals surface area contributed by atoms with E-state index in [1.165, 1.54) is 13.2 Å². The van der Waals surface area contributed by atoms with Crippen LogP contribution in [-0.2, 0) is 11.2 Å². The standard InChI is InChI=1S/C18H20N2O3/c1-20(18(22)8-6-15-4-3-10-19-13-15)11-9-14-5-7-16(21)17(12-14)23-2/h3-8,10,12-13,21H,9,11H2,1-2H3. The molecule has 2 aromatic rings. The molecule has 0 aliphatic rings. The Kier molecular flexibility index (Phi) is 5.74. The van der Waals surface area contributed by atoms with E-state index >= 15 is 0 Å².